The Kier molecular flexibility index (Phi) is 2.96. The van der Waals surface area contributed by atoms with Crippen LogP contribution in [0.15, 0.2) is 11.6 Å². The summed E-state index contributed by atoms with van der Waals surface area (Å²) in [6, 6.07) is 0. The quantitative estimate of drug-likeness (QED) is 0.779. The zero-order valence-corrected chi connectivity index (χ0v) is 11.4. The Hall–Kier alpha value is -1.00. The lowest BCUT2D eigenvalue weighted by Gasteiger charge is -2.60. The Balaban J connectivity index is 2.01. The van der Waals surface area contributed by atoms with Gasteiger partial charge >= 0.3 is 12.1 Å². The molecular formula is C15H19F3O2. The summed E-state index contributed by atoms with van der Waals surface area (Å²) in [6.45, 7) is 2.01. The molecule has 1 N–H and O–H groups in total. The standard InChI is InChI=1S/C15H19F3O2/c1-8-11-3-9-2-10(4-11)6-14(8,5-9)7-12(13(19)20)15(16,17)18/h7-11H,2-6H2,1H3,(H,19,20). The van der Waals surface area contributed by atoms with Crippen molar-refractivity contribution in [1.82, 2.24) is 0 Å². The molecule has 3 atom stereocenters. The molecule has 0 radical (unpaired) electrons. The molecule has 0 aromatic rings. The fourth-order valence-electron chi connectivity index (χ4n) is 5.16. The summed E-state index contributed by atoms with van der Waals surface area (Å²) >= 11 is 0. The van der Waals surface area contributed by atoms with Gasteiger partial charge in [0.2, 0.25) is 0 Å². The van der Waals surface area contributed by atoms with E-state index in [1.54, 1.807) is 0 Å². The third kappa shape index (κ3) is 2.06. The van der Waals surface area contributed by atoms with Gasteiger partial charge in [-0.15, -0.1) is 0 Å². The van der Waals surface area contributed by atoms with Crippen molar-refractivity contribution in [2.75, 3.05) is 0 Å². The van der Waals surface area contributed by atoms with Crippen molar-refractivity contribution < 1.29 is 23.1 Å². The average Bonchev–Trinajstić information content (AvgIpc) is 2.30. The molecule has 0 aromatic carbocycles. The maximum atomic E-state index is 12.9. The topological polar surface area (TPSA) is 37.3 Å². The van der Waals surface area contributed by atoms with Gasteiger partial charge < -0.3 is 5.11 Å². The zero-order chi connectivity index (χ0) is 14.7. The van der Waals surface area contributed by atoms with Gasteiger partial charge in [0.1, 0.15) is 5.57 Å². The molecule has 4 aliphatic rings. The second-order valence-electron chi connectivity index (χ2n) is 6.99. The lowest BCUT2D eigenvalue weighted by Crippen LogP contribution is -2.51. The van der Waals surface area contributed by atoms with Crippen LogP contribution in [0.3, 0.4) is 0 Å². The van der Waals surface area contributed by atoms with E-state index in [1.165, 1.54) is 0 Å². The van der Waals surface area contributed by atoms with Crippen LogP contribution < -0.4 is 0 Å². The monoisotopic (exact) mass is 288 g/mol. The Labute approximate surface area is 116 Å². The van der Waals surface area contributed by atoms with Gasteiger partial charge in [-0.05, 0) is 61.2 Å². The molecular weight excluding hydrogens is 269 g/mol. The minimum absolute atomic E-state index is 0.159. The van der Waals surface area contributed by atoms with Crippen LogP contribution in [0.4, 0.5) is 13.2 Å². The van der Waals surface area contributed by atoms with Gasteiger partial charge in [-0.25, -0.2) is 4.79 Å². The van der Waals surface area contributed by atoms with Crippen molar-refractivity contribution in [2.24, 2.45) is 29.1 Å². The first-order valence-electron chi connectivity index (χ1n) is 7.24. The molecule has 0 heterocycles. The number of alkyl halides is 3. The van der Waals surface area contributed by atoms with Gasteiger partial charge in [-0.2, -0.15) is 13.2 Å². The van der Waals surface area contributed by atoms with E-state index in [0.29, 0.717) is 17.8 Å². The molecule has 0 aliphatic heterocycles. The van der Waals surface area contributed by atoms with Crippen molar-refractivity contribution in [3.05, 3.63) is 11.6 Å². The van der Waals surface area contributed by atoms with E-state index in [9.17, 15) is 18.0 Å². The lowest BCUT2D eigenvalue weighted by molar-refractivity contribution is -0.146. The van der Waals surface area contributed by atoms with Gasteiger partial charge in [0.15, 0.2) is 0 Å². The molecule has 0 aromatic heterocycles. The first-order valence-corrected chi connectivity index (χ1v) is 7.24. The lowest BCUT2D eigenvalue weighted by atomic mass is 9.45. The van der Waals surface area contributed by atoms with E-state index in [2.05, 4.69) is 0 Å². The largest absolute Gasteiger partial charge is 0.478 e. The Morgan fingerprint density at radius 3 is 2.20 bits per heavy atom. The summed E-state index contributed by atoms with van der Waals surface area (Å²) in [4.78, 5) is 11.0. The van der Waals surface area contributed by atoms with Crippen molar-refractivity contribution >= 4 is 5.97 Å². The maximum Gasteiger partial charge on any atom is 0.423 e. The van der Waals surface area contributed by atoms with Crippen LogP contribution in [0.2, 0.25) is 0 Å². The van der Waals surface area contributed by atoms with E-state index in [-0.39, 0.29) is 5.92 Å². The normalized spacial score (nSPS) is 43.9. The number of carbonyl (C=O) groups is 1. The van der Waals surface area contributed by atoms with E-state index in [1.807, 2.05) is 6.92 Å². The highest BCUT2D eigenvalue weighted by Crippen LogP contribution is 2.63. The number of hydrogen-bond acceptors (Lipinski definition) is 1. The molecule has 5 heteroatoms. The van der Waals surface area contributed by atoms with E-state index in [4.69, 9.17) is 5.11 Å². The van der Waals surface area contributed by atoms with Gasteiger partial charge in [0.25, 0.3) is 0 Å². The minimum atomic E-state index is -4.77. The fourth-order valence-corrected chi connectivity index (χ4v) is 5.16. The highest BCUT2D eigenvalue weighted by Gasteiger charge is 2.55. The summed E-state index contributed by atoms with van der Waals surface area (Å²) in [6.07, 6.45) is 1.11. The number of allylic oxidation sites excluding steroid dienone is 1. The molecule has 3 unspecified atom stereocenters. The predicted molar refractivity (Wildman–Crippen MR) is 66.9 cm³/mol. The molecule has 0 spiro atoms. The number of hydrogen-bond donors (Lipinski definition) is 1. The minimum Gasteiger partial charge on any atom is -0.478 e. The molecule has 2 nitrogen and oxygen atoms in total. The Bertz CT molecular complexity index is 452. The summed E-state index contributed by atoms with van der Waals surface area (Å²) in [5.74, 6) is -0.236. The maximum absolute atomic E-state index is 12.9. The second kappa shape index (κ2) is 4.25. The first kappa shape index (κ1) is 14.0. The highest BCUT2D eigenvalue weighted by atomic mass is 19.4. The van der Waals surface area contributed by atoms with Crippen LogP contribution in [0.5, 0.6) is 0 Å². The number of aliphatic carboxylic acids is 1. The van der Waals surface area contributed by atoms with Gasteiger partial charge in [-0.3, -0.25) is 0 Å². The number of carboxylic acids is 1. The van der Waals surface area contributed by atoms with Crippen molar-refractivity contribution in [3.8, 4) is 0 Å². The summed E-state index contributed by atoms with van der Waals surface area (Å²) in [7, 11) is 0. The zero-order valence-electron chi connectivity index (χ0n) is 11.4. The first-order chi connectivity index (χ1) is 9.21. The summed E-state index contributed by atoms with van der Waals surface area (Å²) < 4.78 is 38.8. The number of carboxylic acid groups (broad SMARTS) is 1. The van der Waals surface area contributed by atoms with Crippen LogP contribution >= 0.6 is 0 Å². The average molecular weight is 288 g/mol. The smallest absolute Gasteiger partial charge is 0.423 e. The van der Waals surface area contributed by atoms with Crippen molar-refractivity contribution in [2.45, 2.75) is 45.2 Å². The highest BCUT2D eigenvalue weighted by molar-refractivity contribution is 5.88. The van der Waals surface area contributed by atoms with E-state index < -0.39 is 23.1 Å². The molecule has 0 amide bonds. The third-order valence-corrected chi connectivity index (χ3v) is 5.86. The van der Waals surface area contributed by atoms with E-state index in [0.717, 1.165) is 38.2 Å². The van der Waals surface area contributed by atoms with Gasteiger partial charge in [-0.1, -0.05) is 13.0 Å². The molecule has 4 bridgehead atoms. The number of rotatable bonds is 2. The molecule has 0 saturated heterocycles. The van der Waals surface area contributed by atoms with Crippen molar-refractivity contribution in [1.29, 1.82) is 0 Å². The SMILES string of the molecule is CC1C2CC3CC(C2)CC1(C=C(C(=O)O)C(F)(F)F)C3. The van der Waals surface area contributed by atoms with Crippen LogP contribution in [0, 0.1) is 29.1 Å². The molecule has 4 saturated carbocycles. The summed E-state index contributed by atoms with van der Waals surface area (Å²) in [5, 5.41) is 8.91. The second-order valence-corrected chi connectivity index (χ2v) is 6.99. The van der Waals surface area contributed by atoms with Crippen LogP contribution in [0.25, 0.3) is 0 Å². The van der Waals surface area contributed by atoms with E-state index >= 15 is 0 Å². The van der Waals surface area contributed by atoms with Crippen molar-refractivity contribution in [3.63, 3.8) is 0 Å². The third-order valence-electron chi connectivity index (χ3n) is 5.86. The molecule has 4 aliphatic carbocycles. The summed E-state index contributed by atoms with van der Waals surface area (Å²) in [5.41, 5.74) is -1.91. The Morgan fingerprint density at radius 1 is 1.20 bits per heavy atom. The van der Waals surface area contributed by atoms with Crippen LogP contribution in [0.1, 0.15) is 39.0 Å². The predicted octanol–water partition coefficient (Wildman–Crippen LogP) is 4.02. The Morgan fingerprint density at radius 2 is 1.75 bits per heavy atom. The fraction of sp³-hybridized carbons (Fsp3) is 0.800. The molecule has 4 rings (SSSR count). The van der Waals surface area contributed by atoms with Crippen LogP contribution in [-0.4, -0.2) is 17.3 Å². The molecule has 4 fully saturated rings. The molecule has 20 heavy (non-hydrogen) atoms. The van der Waals surface area contributed by atoms with Gasteiger partial charge in [0.05, 0.1) is 0 Å². The molecule has 112 valence electrons. The number of halogens is 3. The van der Waals surface area contributed by atoms with Gasteiger partial charge in [0, 0.05) is 0 Å². The van der Waals surface area contributed by atoms with Crippen LogP contribution in [-0.2, 0) is 4.79 Å².